The van der Waals surface area contributed by atoms with Crippen LogP contribution in [0.4, 0.5) is 22.0 Å². The van der Waals surface area contributed by atoms with E-state index in [1.165, 1.54) is 30.3 Å². The molecular weight excluding hydrogens is 627 g/mol. The molecule has 244 valence electrons. The summed E-state index contributed by atoms with van der Waals surface area (Å²) in [7, 11) is 0. The number of carbonyl (C=O) groups is 2. The predicted octanol–water partition coefficient (Wildman–Crippen LogP) is 8.35. The van der Waals surface area contributed by atoms with E-state index in [0.717, 1.165) is 40.6 Å². The SMILES string of the molecule is CC1CCNC(=O)c2cc3cc(F)cc(-c4ccccc4)c3n21.O=C1NCCn2c1cc1cc(F)cc(-c3ccc(C(F)(F)F)cc3)c12. The molecule has 2 aromatic heterocycles. The molecule has 2 amide bonds. The van der Waals surface area contributed by atoms with Gasteiger partial charge in [-0.1, -0.05) is 42.5 Å². The molecule has 1 unspecified atom stereocenters. The molecule has 6 aromatic rings. The number of carbonyl (C=O) groups excluding carboxylic acids is 2. The number of hydrogen-bond acceptors (Lipinski definition) is 2. The molecule has 4 heterocycles. The van der Waals surface area contributed by atoms with Gasteiger partial charge in [0.25, 0.3) is 11.8 Å². The Morgan fingerprint density at radius 3 is 1.92 bits per heavy atom. The van der Waals surface area contributed by atoms with E-state index in [9.17, 15) is 31.5 Å². The van der Waals surface area contributed by atoms with Gasteiger partial charge in [-0.25, -0.2) is 8.78 Å². The van der Waals surface area contributed by atoms with Crippen molar-refractivity contribution in [3.63, 3.8) is 0 Å². The van der Waals surface area contributed by atoms with Crippen LogP contribution in [-0.2, 0) is 12.7 Å². The molecule has 0 radical (unpaired) electrons. The van der Waals surface area contributed by atoms with Gasteiger partial charge in [-0.05, 0) is 73.0 Å². The number of halogens is 5. The minimum atomic E-state index is -4.43. The lowest BCUT2D eigenvalue weighted by Crippen LogP contribution is -2.34. The fourth-order valence-electron chi connectivity index (χ4n) is 6.65. The monoisotopic (exact) mass is 656 g/mol. The smallest absolute Gasteiger partial charge is 0.351 e. The van der Waals surface area contributed by atoms with E-state index in [1.807, 2.05) is 30.3 Å². The number of aromatic nitrogens is 2. The van der Waals surface area contributed by atoms with Crippen molar-refractivity contribution in [2.75, 3.05) is 13.1 Å². The van der Waals surface area contributed by atoms with Gasteiger partial charge in [0.1, 0.15) is 23.0 Å². The van der Waals surface area contributed by atoms with Crippen molar-refractivity contribution in [2.24, 2.45) is 0 Å². The van der Waals surface area contributed by atoms with Crippen LogP contribution in [-0.4, -0.2) is 34.0 Å². The van der Waals surface area contributed by atoms with E-state index in [-0.39, 0.29) is 23.7 Å². The van der Waals surface area contributed by atoms with Gasteiger partial charge in [0, 0.05) is 47.6 Å². The van der Waals surface area contributed by atoms with Gasteiger partial charge in [0.2, 0.25) is 0 Å². The number of amides is 2. The van der Waals surface area contributed by atoms with Gasteiger partial charge in [-0.2, -0.15) is 13.2 Å². The summed E-state index contributed by atoms with van der Waals surface area (Å²) < 4.78 is 70.2. The van der Waals surface area contributed by atoms with E-state index in [1.54, 1.807) is 22.8 Å². The normalized spacial score (nSPS) is 16.0. The maximum atomic E-state index is 14.1. The molecule has 6 nitrogen and oxygen atoms in total. The summed E-state index contributed by atoms with van der Waals surface area (Å²) in [5, 5.41) is 6.94. The van der Waals surface area contributed by atoms with E-state index >= 15 is 0 Å². The second kappa shape index (κ2) is 12.0. The highest BCUT2D eigenvalue weighted by atomic mass is 19.4. The van der Waals surface area contributed by atoms with Crippen LogP contribution in [0.25, 0.3) is 44.1 Å². The lowest BCUT2D eigenvalue weighted by atomic mass is 10.0. The Labute approximate surface area is 271 Å². The van der Waals surface area contributed by atoms with Gasteiger partial charge >= 0.3 is 6.18 Å². The molecule has 1 atom stereocenters. The molecule has 0 spiro atoms. The summed E-state index contributed by atoms with van der Waals surface area (Å²) in [6.45, 7) is 3.72. The molecular formula is C37H29F5N4O2. The van der Waals surface area contributed by atoms with Crippen LogP contribution in [0, 0.1) is 11.6 Å². The first kappa shape index (κ1) is 31.2. The topological polar surface area (TPSA) is 68.1 Å². The van der Waals surface area contributed by atoms with Crippen molar-refractivity contribution in [2.45, 2.75) is 32.1 Å². The third-order valence-electron chi connectivity index (χ3n) is 8.84. The molecule has 0 fully saturated rings. The van der Waals surface area contributed by atoms with Crippen LogP contribution in [0.2, 0.25) is 0 Å². The quantitative estimate of drug-likeness (QED) is 0.184. The van der Waals surface area contributed by atoms with Crippen LogP contribution in [0.1, 0.15) is 45.9 Å². The zero-order chi connectivity index (χ0) is 33.7. The number of hydrogen-bond donors (Lipinski definition) is 2. The minimum absolute atomic E-state index is 0.0926. The van der Waals surface area contributed by atoms with Crippen molar-refractivity contribution in [1.82, 2.24) is 19.8 Å². The number of benzene rings is 4. The highest BCUT2D eigenvalue weighted by Crippen LogP contribution is 2.37. The molecule has 2 aliphatic heterocycles. The minimum Gasteiger partial charge on any atom is -0.351 e. The number of alkyl halides is 3. The number of nitrogens with one attached hydrogen (secondary N) is 2. The van der Waals surface area contributed by atoms with Crippen molar-refractivity contribution in [3.05, 3.63) is 120 Å². The maximum Gasteiger partial charge on any atom is 0.416 e. The van der Waals surface area contributed by atoms with Crippen molar-refractivity contribution < 1.29 is 31.5 Å². The molecule has 0 bridgehead atoms. The first-order valence-electron chi connectivity index (χ1n) is 15.5. The summed E-state index contributed by atoms with van der Waals surface area (Å²) in [4.78, 5) is 24.3. The summed E-state index contributed by atoms with van der Waals surface area (Å²) in [6, 6.07) is 23.6. The number of rotatable bonds is 2. The van der Waals surface area contributed by atoms with E-state index in [4.69, 9.17) is 0 Å². The molecule has 48 heavy (non-hydrogen) atoms. The average molecular weight is 657 g/mol. The Morgan fingerprint density at radius 2 is 1.25 bits per heavy atom. The molecule has 0 saturated heterocycles. The van der Waals surface area contributed by atoms with Gasteiger partial charge in [-0.15, -0.1) is 0 Å². The van der Waals surface area contributed by atoms with Crippen LogP contribution in [0.5, 0.6) is 0 Å². The maximum absolute atomic E-state index is 14.1. The largest absolute Gasteiger partial charge is 0.416 e. The third-order valence-corrected chi connectivity index (χ3v) is 8.84. The molecule has 2 N–H and O–H groups in total. The highest BCUT2D eigenvalue weighted by molar-refractivity contribution is 6.04. The summed E-state index contributed by atoms with van der Waals surface area (Å²) >= 11 is 0. The fourth-order valence-corrected chi connectivity index (χ4v) is 6.65. The highest BCUT2D eigenvalue weighted by Gasteiger charge is 2.30. The van der Waals surface area contributed by atoms with E-state index in [2.05, 4.69) is 22.1 Å². The van der Waals surface area contributed by atoms with Crippen molar-refractivity contribution >= 4 is 33.6 Å². The van der Waals surface area contributed by atoms with Gasteiger partial charge in [0.05, 0.1) is 16.6 Å². The molecule has 2 aliphatic rings. The zero-order valence-electron chi connectivity index (χ0n) is 25.7. The van der Waals surface area contributed by atoms with Crippen molar-refractivity contribution in [1.29, 1.82) is 0 Å². The molecule has 8 rings (SSSR count). The van der Waals surface area contributed by atoms with Crippen molar-refractivity contribution in [3.8, 4) is 22.3 Å². The van der Waals surface area contributed by atoms with Crippen LogP contribution >= 0.6 is 0 Å². The second-order valence-corrected chi connectivity index (χ2v) is 12.0. The Bertz CT molecular complexity index is 2200. The lowest BCUT2D eigenvalue weighted by molar-refractivity contribution is -0.137. The Morgan fingerprint density at radius 1 is 0.688 bits per heavy atom. The molecule has 0 aliphatic carbocycles. The molecule has 0 saturated carbocycles. The summed E-state index contributed by atoms with van der Waals surface area (Å²) in [5.74, 6) is -1.14. The standard InChI is InChI=1S/C19H17FN2O.C18H12F4N2O/c1-12-7-8-21-19(23)17-10-14-9-15(20)11-16(18(14)22(12)17)13-5-3-2-4-6-13;19-13-7-11-8-15-17(25)23-5-6-24(15)16(11)14(9-13)10-1-3-12(4-2-10)18(20,21)22/h2-6,9-12H,7-8H2,1H3,(H,21,23);1-4,7-9H,5-6H2,(H,23,25). The van der Waals surface area contributed by atoms with Gasteiger partial charge < -0.3 is 19.8 Å². The fraction of sp³-hybridized carbons (Fsp3) is 0.189. The molecule has 4 aromatic carbocycles. The van der Waals surface area contributed by atoms with Crippen LogP contribution < -0.4 is 10.6 Å². The van der Waals surface area contributed by atoms with Gasteiger partial charge in [-0.3, -0.25) is 9.59 Å². The first-order chi connectivity index (χ1) is 23.0. The first-order valence-corrected chi connectivity index (χ1v) is 15.5. The predicted molar refractivity (Wildman–Crippen MR) is 174 cm³/mol. The van der Waals surface area contributed by atoms with Crippen LogP contribution in [0.3, 0.4) is 0 Å². The lowest BCUT2D eigenvalue weighted by Gasteiger charge is -2.18. The zero-order valence-corrected chi connectivity index (χ0v) is 25.7. The second-order valence-electron chi connectivity index (χ2n) is 12.0. The summed E-state index contributed by atoms with van der Waals surface area (Å²) in [5.41, 5.74) is 4.54. The van der Waals surface area contributed by atoms with Crippen LogP contribution in [0.15, 0.2) is 91.0 Å². The third kappa shape index (κ3) is 5.59. The Hall–Kier alpha value is -5.45. The van der Waals surface area contributed by atoms with E-state index in [0.29, 0.717) is 53.1 Å². The molecule has 11 heteroatoms. The summed E-state index contributed by atoms with van der Waals surface area (Å²) in [6.07, 6.45) is -3.57. The number of fused-ring (bicyclic) bond motifs is 6. The van der Waals surface area contributed by atoms with E-state index < -0.39 is 17.6 Å². The Kier molecular flexibility index (Phi) is 7.77. The number of nitrogens with zero attached hydrogens (tertiary/aromatic N) is 2. The van der Waals surface area contributed by atoms with Gasteiger partial charge in [0.15, 0.2) is 0 Å². The average Bonchev–Trinajstić information content (AvgIpc) is 3.60. The Balaban J connectivity index is 0.000000152.